The molecule has 2 saturated heterocycles. The summed E-state index contributed by atoms with van der Waals surface area (Å²) in [4.78, 5) is 16.6. The molecule has 0 saturated carbocycles. The van der Waals surface area contributed by atoms with Crippen molar-refractivity contribution in [3.63, 3.8) is 0 Å². The Kier molecular flexibility index (Phi) is 4.59. The zero-order valence-electron chi connectivity index (χ0n) is 12.4. The molecule has 2 aliphatic heterocycles. The van der Waals surface area contributed by atoms with Crippen molar-refractivity contribution in [2.75, 3.05) is 53.0 Å². The van der Waals surface area contributed by atoms with Gasteiger partial charge in [0.15, 0.2) is 0 Å². The van der Waals surface area contributed by atoms with E-state index >= 15 is 0 Å². The molecule has 1 unspecified atom stereocenters. The van der Waals surface area contributed by atoms with Gasteiger partial charge in [0.05, 0.1) is 32.8 Å². The van der Waals surface area contributed by atoms with Crippen LogP contribution < -0.4 is 0 Å². The number of likely N-dealkylation sites (N-methyl/N-ethyl adjacent to an activating group) is 1. The summed E-state index contributed by atoms with van der Waals surface area (Å²) in [6.07, 6.45) is 0.482. The number of carbonyl (C=O) groups is 1. The van der Waals surface area contributed by atoms with Crippen molar-refractivity contribution < 1.29 is 14.3 Å². The van der Waals surface area contributed by atoms with E-state index in [1.165, 1.54) is 0 Å². The topological polar surface area (TPSA) is 42.0 Å². The van der Waals surface area contributed by atoms with E-state index in [9.17, 15) is 4.79 Å². The van der Waals surface area contributed by atoms with Crippen LogP contribution in [0.5, 0.6) is 0 Å². The van der Waals surface area contributed by atoms with Gasteiger partial charge in [0, 0.05) is 19.6 Å². The Hall–Kier alpha value is -0.950. The Morgan fingerprint density at radius 2 is 2.29 bits per heavy atom. The summed E-state index contributed by atoms with van der Waals surface area (Å²) in [5, 5.41) is 4.05. The van der Waals surface area contributed by atoms with Crippen molar-refractivity contribution in [2.24, 2.45) is 0 Å². The second-order valence-electron chi connectivity index (χ2n) is 5.95. The van der Waals surface area contributed by atoms with Crippen LogP contribution in [0.2, 0.25) is 0 Å². The maximum atomic E-state index is 12.5. The third kappa shape index (κ3) is 3.63. The molecular weight excluding hydrogens is 288 g/mol. The largest absolute Gasteiger partial charge is 0.377 e. The quantitative estimate of drug-likeness (QED) is 0.812. The zero-order valence-corrected chi connectivity index (χ0v) is 13.2. The van der Waals surface area contributed by atoms with Crippen LogP contribution in [0, 0.1) is 0 Å². The predicted octanol–water partition coefficient (Wildman–Crippen LogP) is 0.850. The Morgan fingerprint density at radius 1 is 1.38 bits per heavy atom. The van der Waals surface area contributed by atoms with Crippen LogP contribution in [-0.4, -0.2) is 74.4 Å². The summed E-state index contributed by atoms with van der Waals surface area (Å²) < 4.78 is 11.7. The summed E-state index contributed by atoms with van der Waals surface area (Å²) in [7, 11) is 2.08. The molecule has 0 aliphatic carbocycles. The average Bonchev–Trinajstić information content (AvgIpc) is 2.90. The summed E-state index contributed by atoms with van der Waals surface area (Å²) >= 11 is 1.63. The Labute approximate surface area is 129 Å². The molecule has 1 aromatic heterocycles. The van der Waals surface area contributed by atoms with Gasteiger partial charge in [0.25, 0.3) is 0 Å². The molecule has 6 heteroatoms. The van der Waals surface area contributed by atoms with Crippen LogP contribution in [0.1, 0.15) is 5.56 Å². The molecule has 0 aromatic carbocycles. The molecule has 2 aliphatic rings. The second-order valence-corrected chi connectivity index (χ2v) is 6.73. The molecule has 0 N–H and O–H groups in total. The Bertz CT molecular complexity index is 479. The van der Waals surface area contributed by atoms with E-state index in [2.05, 4.69) is 11.9 Å². The number of amides is 1. The molecule has 3 heterocycles. The minimum Gasteiger partial charge on any atom is -0.377 e. The first-order chi connectivity index (χ1) is 10.2. The van der Waals surface area contributed by atoms with Gasteiger partial charge < -0.3 is 19.3 Å². The van der Waals surface area contributed by atoms with Crippen molar-refractivity contribution in [2.45, 2.75) is 12.0 Å². The number of rotatable bonds is 2. The molecular formula is C15H22N2O3S. The molecule has 116 valence electrons. The third-order valence-corrected chi connectivity index (χ3v) is 4.81. The lowest BCUT2D eigenvalue weighted by molar-refractivity contribution is -0.160. The standard InChI is InChI=1S/C15H22N2O3S/c1-16-3-5-19-12-15(10-16)11-17(4-6-20-15)14(18)8-13-2-7-21-9-13/h2,7,9H,3-6,8,10-12H2,1H3. The van der Waals surface area contributed by atoms with E-state index in [0.29, 0.717) is 32.7 Å². The third-order valence-electron chi connectivity index (χ3n) is 4.08. The van der Waals surface area contributed by atoms with Gasteiger partial charge in [0.2, 0.25) is 5.91 Å². The lowest BCUT2D eigenvalue weighted by Crippen LogP contribution is -2.59. The number of ether oxygens (including phenoxy) is 2. The molecule has 21 heavy (non-hydrogen) atoms. The fourth-order valence-electron chi connectivity index (χ4n) is 3.02. The highest BCUT2D eigenvalue weighted by molar-refractivity contribution is 7.07. The fraction of sp³-hybridized carbons (Fsp3) is 0.667. The second kappa shape index (κ2) is 6.44. The number of morpholine rings is 1. The fourth-order valence-corrected chi connectivity index (χ4v) is 3.68. The van der Waals surface area contributed by atoms with E-state index in [-0.39, 0.29) is 11.5 Å². The Balaban J connectivity index is 1.65. The van der Waals surface area contributed by atoms with Gasteiger partial charge in [-0.3, -0.25) is 4.79 Å². The lowest BCUT2D eigenvalue weighted by atomic mass is 10.0. The number of nitrogens with zero attached hydrogens (tertiary/aromatic N) is 2. The maximum absolute atomic E-state index is 12.5. The van der Waals surface area contributed by atoms with Crippen LogP contribution >= 0.6 is 11.3 Å². The number of hydrogen-bond acceptors (Lipinski definition) is 5. The first-order valence-corrected chi connectivity index (χ1v) is 8.30. The van der Waals surface area contributed by atoms with Crippen LogP contribution in [-0.2, 0) is 20.7 Å². The van der Waals surface area contributed by atoms with E-state index in [1.807, 2.05) is 21.7 Å². The first kappa shape index (κ1) is 15.0. The lowest BCUT2D eigenvalue weighted by Gasteiger charge is -2.43. The average molecular weight is 310 g/mol. The molecule has 0 radical (unpaired) electrons. The monoisotopic (exact) mass is 310 g/mol. The molecule has 2 fully saturated rings. The molecule has 3 rings (SSSR count). The molecule has 1 aromatic rings. The zero-order chi connectivity index (χ0) is 14.7. The van der Waals surface area contributed by atoms with Crippen molar-refractivity contribution in [1.82, 2.24) is 9.80 Å². The molecule has 0 bridgehead atoms. The van der Waals surface area contributed by atoms with Crippen LogP contribution in [0.4, 0.5) is 0 Å². The highest BCUT2D eigenvalue weighted by Gasteiger charge is 2.40. The van der Waals surface area contributed by atoms with Gasteiger partial charge in [-0.05, 0) is 29.4 Å². The van der Waals surface area contributed by atoms with E-state index in [0.717, 1.165) is 25.3 Å². The number of hydrogen-bond donors (Lipinski definition) is 0. The maximum Gasteiger partial charge on any atom is 0.227 e. The van der Waals surface area contributed by atoms with Crippen LogP contribution in [0.15, 0.2) is 16.8 Å². The normalized spacial score (nSPS) is 27.8. The van der Waals surface area contributed by atoms with Crippen molar-refractivity contribution in [3.8, 4) is 0 Å². The first-order valence-electron chi connectivity index (χ1n) is 7.36. The highest BCUT2D eigenvalue weighted by atomic mass is 32.1. The van der Waals surface area contributed by atoms with Crippen molar-refractivity contribution in [3.05, 3.63) is 22.4 Å². The molecule has 1 atom stereocenters. The highest BCUT2D eigenvalue weighted by Crippen LogP contribution is 2.23. The number of carbonyl (C=O) groups excluding carboxylic acids is 1. The SMILES string of the molecule is CN1CCOCC2(C1)CN(C(=O)Cc1ccsc1)CCO2. The van der Waals surface area contributed by atoms with Crippen LogP contribution in [0.25, 0.3) is 0 Å². The number of thiophene rings is 1. The van der Waals surface area contributed by atoms with Gasteiger partial charge in [-0.15, -0.1) is 0 Å². The molecule has 1 spiro atoms. The summed E-state index contributed by atoms with van der Waals surface area (Å²) in [6, 6.07) is 2.02. The Morgan fingerprint density at radius 3 is 3.10 bits per heavy atom. The predicted molar refractivity (Wildman–Crippen MR) is 81.6 cm³/mol. The van der Waals surface area contributed by atoms with Crippen molar-refractivity contribution >= 4 is 17.2 Å². The van der Waals surface area contributed by atoms with Gasteiger partial charge in [-0.25, -0.2) is 0 Å². The summed E-state index contributed by atoms with van der Waals surface area (Å²) in [5.74, 6) is 0.183. The van der Waals surface area contributed by atoms with Crippen LogP contribution in [0.3, 0.4) is 0 Å². The smallest absolute Gasteiger partial charge is 0.227 e. The molecule has 1 amide bonds. The minimum atomic E-state index is -0.367. The minimum absolute atomic E-state index is 0.183. The van der Waals surface area contributed by atoms with Gasteiger partial charge in [0.1, 0.15) is 5.60 Å². The van der Waals surface area contributed by atoms with Gasteiger partial charge >= 0.3 is 0 Å². The van der Waals surface area contributed by atoms with E-state index in [4.69, 9.17) is 9.47 Å². The van der Waals surface area contributed by atoms with Gasteiger partial charge in [-0.1, -0.05) is 0 Å². The van der Waals surface area contributed by atoms with Crippen molar-refractivity contribution in [1.29, 1.82) is 0 Å². The van der Waals surface area contributed by atoms with E-state index < -0.39 is 0 Å². The van der Waals surface area contributed by atoms with E-state index in [1.54, 1.807) is 11.3 Å². The summed E-state index contributed by atoms with van der Waals surface area (Å²) in [6.45, 7) is 4.91. The molecule has 5 nitrogen and oxygen atoms in total. The van der Waals surface area contributed by atoms with Gasteiger partial charge in [-0.2, -0.15) is 11.3 Å². The summed E-state index contributed by atoms with van der Waals surface area (Å²) in [5.41, 5.74) is 0.730.